The highest BCUT2D eigenvalue weighted by Crippen LogP contribution is 2.01. The van der Waals surface area contributed by atoms with Crippen molar-refractivity contribution in [3.63, 3.8) is 0 Å². The summed E-state index contributed by atoms with van der Waals surface area (Å²) in [6.07, 6.45) is -0.245. The average Bonchev–Trinajstić information content (AvgIpc) is 2.62. The Morgan fingerprint density at radius 2 is 1.47 bits per heavy atom. The number of carboxylic acid groups (broad SMARTS) is 2. The van der Waals surface area contributed by atoms with Crippen molar-refractivity contribution in [1.29, 1.82) is 0 Å². The van der Waals surface area contributed by atoms with Crippen LogP contribution in [-0.2, 0) is 24.0 Å². The van der Waals surface area contributed by atoms with Gasteiger partial charge in [-0.2, -0.15) is 0 Å². The van der Waals surface area contributed by atoms with Crippen molar-refractivity contribution in [3.05, 3.63) is 0 Å². The maximum absolute atomic E-state index is 12.4. The van der Waals surface area contributed by atoms with Crippen LogP contribution in [0.4, 0.5) is 0 Å². The summed E-state index contributed by atoms with van der Waals surface area (Å²) in [7, 11) is 0. The zero-order valence-corrected chi connectivity index (χ0v) is 16.8. The third-order valence-corrected chi connectivity index (χ3v) is 3.79. The summed E-state index contributed by atoms with van der Waals surface area (Å²) in [6, 6.07) is -4.81. The van der Waals surface area contributed by atoms with Gasteiger partial charge in [0.05, 0.1) is 12.5 Å². The Bertz CT molecular complexity index is 679. The number of hydrogen-bond acceptors (Lipinski definition) is 7. The van der Waals surface area contributed by atoms with Gasteiger partial charge in [0.15, 0.2) is 5.96 Å². The SMILES string of the molecule is CC(NC(=O)C(CCCN=C(N)N)NC(=O)C(C)NC(=O)C(N)CC(=O)O)C(=O)O. The molecule has 0 aromatic heterocycles. The standard InChI is InChI=1S/C16H29N7O7/c1-7(21-13(27)9(17)6-11(24)25)12(26)23-10(4-3-5-20-16(18)19)14(28)22-8(2)15(29)30/h7-10H,3-6,17H2,1-2H3,(H,21,27)(H,22,28)(H,23,26)(H,24,25)(H,29,30)(H4,18,19,20). The van der Waals surface area contributed by atoms with E-state index in [0.29, 0.717) is 6.42 Å². The fourth-order valence-electron chi connectivity index (χ4n) is 2.11. The number of nitrogens with one attached hydrogen (secondary N) is 3. The molecule has 0 fully saturated rings. The molecule has 0 aliphatic heterocycles. The Morgan fingerprint density at radius 3 is 1.97 bits per heavy atom. The lowest BCUT2D eigenvalue weighted by Crippen LogP contribution is -2.56. The van der Waals surface area contributed by atoms with E-state index < -0.39 is 60.2 Å². The predicted octanol–water partition coefficient (Wildman–Crippen LogP) is -3.58. The van der Waals surface area contributed by atoms with Gasteiger partial charge < -0.3 is 43.4 Å². The van der Waals surface area contributed by atoms with Crippen LogP contribution in [0.3, 0.4) is 0 Å². The molecule has 0 bridgehead atoms. The molecule has 0 spiro atoms. The van der Waals surface area contributed by atoms with Crippen LogP contribution >= 0.6 is 0 Å². The molecule has 0 aromatic carbocycles. The molecular weight excluding hydrogens is 402 g/mol. The van der Waals surface area contributed by atoms with Crippen LogP contribution in [0.25, 0.3) is 0 Å². The molecule has 0 heterocycles. The second-order valence-electron chi connectivity index (χ2n) is 6.51. The van der Waals surface area contributed by atoms with Gasteiger partial charge in [-0.1, -0.05) is 0 Å². The van der Waals surface area contributed by atoms with Crippen LogP contribution in [-0.4, -0.2) is 76.5 Å². The molecule has 0 radical (unpaired) electrons. The lowest BCUT2D eigenvalue weighted by molar-refractivity contribution is -0.141. The second kappa shape index (κ2) is 12.9. The van der Waals surface area contributed by atoms with Crippen LogP contribution < -0.4 is 33.2 Å². The molecule has 11 N–H and O–H groups in total. The first-order valence-corrected chi connectivity index (χ1v) is 9.01. The number of nitrogens with two attached hydrogens (primary N) is 3. The Morgan fingerprint density at radius 1 is 0.900 bits per heavy atom. The maximum atomic E-state index is 12.4. The van der Waals surface area contributed by atoms with Gasteiger partial charge in [0.25, 0.3) is 0 Å². The van der Waals surface area contributed by atoms with Crippen molar-refractivity contribution < 1.29 is 34.2 Å². The molecular formula is C16H29N7O7. The molecule has 0 aliphatic carbocycles. The van der Waals surface area contributed by atoms with Gasteiger partial charge in [-0.05, 0) is 26.7 Å². The predicted molar refractivity (Wildman–Crippen MR) is 105 cm³/mol. The highest BCUT2D eigenvalue weighted by Gasteiger charge is 2.27. The Kier molecular flexibility index (Phi) is 11.5. The minimum Gasteiger partial charge on any atom is -0.481 e. The molecule has 0 aromatic rings. The Hall–Kier alpha value is -3.42. The first-order chi connectivity index (χ1) is 13.8. The first-order valence-electron chi connectivity index (χ1n) is 9.01. The minimum atomic E-state index is -1.35. The van der Waals surface area contributed by atoms with Crippen LogP contribution in [0.2, 0.25) is 0 Å². The van der Waals surface area contributed by atoms with E-state index in [4.69, 9.17) is 27.4 Å². The molecule has 4 atom stereocenters. The van der Waals surface area contributed by atoms with Crippen molar-refractivity contribution in [3.8, 4) is 0 Å². The normalized spacial score (nSPS) is 14.4. The summed E-state index contributed by atoms with van der Waals surface area (Å²) in [4.78, 5) is 61.8. The number of carbonyl (C=O) groups excluding carboxylic acids is 3. The Balaban J connectivity index is 5.03. The number of amides is 3. The van der Waals surface area contributed by atoms with E-state index in [1.807, 2.05) is 0 Å². The monoisotopic (exact) mass is 431 g/mol. The maximum Gasteiger partial charge on any atom is 0.325 e. The van der Waals surface area contributed by atoms with Crippen molar-refractivity contribution >= 4 is 35.6 Å². The smallest absolute Gasteiger partial charge is 0.325 e. The fraction of sp³-hybridized carbons (Fsp3) is 0.625. The van der Waals surface area contributed by atoms with E-state index >= 15 is 0 Å². The third-order valence-electron chi connectivity index (χ3n) is 3.79. The summed E-state index contributed by atoms with van der Waals surface area (Å²) in [5, 5.41) is 24.5. The summed E-state index contributed by atoms with van der Waals surface area (Å²) in [5.74, 6) is -5.04. The van der Waals surface area contributed by atoms with E-state index in [9.17, 15) is 24.0 Å². The summed E-state index contributed by atoms with van der Waals surface area (Å²) < 4.78 is 0. The molecule has 3 amide bonds. The number of nitrogens with zero attached hydrogens (tertiary/aromatic N) is 1. The Labute approximate surface area is 172 Å². The molecule has 170 valence electrons. The lowest BCUT2D eigenvalue weighted by atomic mass is 10.1. The molecule has 0 rings (SSSR count). The quantitative estimate of drug-likeness (QED) is 0.0808. The van der Waals surface area contributed by atoms with E-state index in [1.54, 1.807) is 0 Å². The zero-order chi connectivity index (χ0) is 23.4. The number of aliphatic carboxylic acids is 2. The number of carbonyl (C=O) groups is 5. The van der Waals surface area contributed by atoms with E-state index in [2.05, 4.69) is 20.9 Å². The van der Waals surface area contributed by atoms with Crippen molar-refractivity contribution in [1.82, 2.24) is 16.0 Å². The van der Waals surface area contributed by atoms with Gasteiger partial charge in [0.2, 0.25) is 17.7 Å². The molecule has 14 heteroatoms. The van der Waals surface area contributed by atoms with Gasteiger partial charge in [0.1, 0.15) is 18.1 Å². The van der Waals surface area contributed by atoms with Gasteiger partial charge in [0, 0.05) is 6.54 Å². The lowest BCUT2D eigenvalue weighted by Gasteiger charge is -2.22. The molecule has 0 saturated carbocycles. The number of rotatable bonds is 13. The topological polar surface area (TPSA) is 252 Å². The molecule has 0 aliphatic rings. The van der Waals surface area contributed by atoms with Gasteiger partial charge in [-0.3, -0.25) is 29.0 Å². The molecule has 14 nitrogen and oxygen atoms in total. The highest BCUT2D eigenvalue weighted by atomic mass is 16.4. The zero-order valence-electron chi connectivity index (χ0n) is 16.8. The highest BCUT2D eigenvalue weighted by molar-refractivity contribution is 5.94. The van der Waals surface area contributed by atoms with Crippen molar-refractivity contribution in [2.45, 2.75) is 57.3 Å². The summed E-state index contributed by atoms with van der Waals surface area (Å²) >= 11 is 0. The summed E-state index contributed by atoms with van der Waals surface area (Å²) in [6.45, 7) is 2.74. The largest absolute Gasteiger partial charge is 0.481 e. The average molecular weight is 431 g/mol. The second-order valence-corrected chi connectivity index (χ2v) is 6.51. The summed E-state index contributed by atoms with van der Waals surface area (Å²) in [5.41, 5.74) is 15.9. The molecule has 30 heavy (non-hydrogen) atoms. The first kappa shape index (κ1) is 26.6. The van der Waals surface area contributed by atoms with E-state index in [0.717, 1.165) is 0 Å². The van der Waals surface area contributed by atoms with Crippen LogP contribution in [0, 0.1) is 0 Å². The van der Waals surface area contributed by atoms with Gasteiger partial charge in [-0.25, -0.2) is 0 Å². The number of carboxylic acids is 2. The van der Waals surface area contributed by atoms with E-state index in [1.165, 1.54) is 13.8 Å². The molecule has 0 saturated heterocycles. The van der Waals surface area contributed by atoms with Crippen LogP contribution in [0.15, 0.2) is 4.99 Å². The minimum absolute atomic E-state index is 0.0832. The van der Waals surface area contributed by atoms with Crippen LogP contribution in [0.5, 0.6) is 0 Å². The van der Waals surface area contributed by atoms with E-state index in [-0.39, 0.29) is 18.9 Å². The molecule has 4 unspecified atom stereocenters. The number of hydrogen-bond donors (Lipinski definition) is 8. The third kappa shape index (κ3) is 10.8. The van der Waals surface area contributed by atoms with Gasteiger partial charge in [-0.15, -0.1) is 0 Å². The fourth-order valence-corrected chi connectivity index (χ4v) is 2.11. The van der Waals surface area contributed by atoms with Crippen molar-refractivity contribution in [2.75, 3.05) is 6.54 Å². The van der Waals surface area contributed by atoms with Crippen molar-refractivity contribution in [2.24, 2.45) is 22.2 Å². The number of guanidine groups is 1. The van der Waals surface area contributed by atoms with Gasteiger partial charge >= 0.3 is 11.9 Å². The van der Waals surface area contributed by atoms with Crippen LogP contribution in [0.1, 0.15) is 33.1 Å². The number of aliphatic imine (C=N–C) groups is 1.